The van der Waals surface area contributed by atoms with Crippen molar-refractivity contribution in [3.05, 3.63) is 11.6 Å². The quantitative estimate of drug-likeness (QED) is 0.435. The van der Waals surface area contributed by atoms with E-state index in [0.29, 0.717) is 0 Å². The van der Waals surface area contributed by atoms with Crippen molar-refractivity contribution in [2.75, 3.05) is 0 Å². The fourth-order valence-corrected chi connectivity index (χ4v) is 1.41. The monoisotopic (exact) mass is 124 g/mol. The summed E-state index contributed by atoms with van der Waals surface area (Å²) in [6, 6.07) is 0. The van der Waals surface area contributed by atoms with Crippen LogP contribution in [0.25, 0.3) is 0 Å². The number of hydrogen-bond acceptors (Lipinski definition) is 0. The fraction of sp³-hybridized carbons (Fsp3) is 0.778. The summed E-state index contributed by atoms with van der Waals surface area (Å²) in [5.74, 6) is 1.82. The Balaban J connectivity index is 2.54. The summed E-state index contributed by atoms with van der Waals surface area (Å²) in [7, 11) is 0. The van der Waals surface area contributed by atoms with Gasteiger partial charge >= 0.3 is 0 Å². The molecule has 0 amide bonds. The van der Waals surface area contributed by atoms with Crippen molar-refractivity contribution in [2.24, 2.45) is 11.8 Å². The number of allylic oxidation sites excluding steroid dienone is 2. The molecule has 0 aromatic carbocycles. The lowest BCUT2D eigenvalue weighted by Gasteiger charge is -2.23. The summed E-state index contributed by atoms with van der Waals surface area (Å²) < 4.78 is 0. The van der Waals surface area contributed by atoms with Crippen molar-refractivity contribution >= 4 is 0 Å². The van der Waals surface area contributed by atoms with Gasteiger partial charge in [-0.05, 0) is 31.6 Å². The average Bonchev–Trinajstić information content (AvgIpc) is 1.80. The number of hydrogen-bond donors (Lipinski definition) is 0. The van der Waals surface area contributed by atoms with Crippen LogP contribution in [0, 0.1) is 11.8 Å². The van der Waals surface area contributed by atoms with E-state index in [-0.39, 0.29) is 0 Å². The summed E-state index contributed by atoms with van der Waals surface area (Å²) in [5.41, 5.74) is 1.58. The van der Waals surface area contributed by atoms with Crippen molar-refractivity contribution in [3.63, 3.8) is 0 Å². The first-order valence-electron chi connectivity index (χ1n) is 3.86. The summed E-state index contributed by atoms with van der Waals surface area (Å²) >= 11 is 0. The average molecular weight is 124 g/mol. The van der Waals surface area contributed by atoms with Crippen LogP contribution < -0.4 is 0 Å². The smallest absolute Gasteiger partial charge is 0.0295 e. The molecule has 0 N–H and O–H groups in total. The molecule has 0 heterocycles. The Kier molecular flexibility index (Phi) is 1.94. The maximum absolute atomic E-state index is 2.38. The van der Waals surface area contributed by atoms with E-state index in [9.17, 15) is 0 Å². The molecule has 1 rings (SSSR count). The lowest BCUT2D eigenvalue weighted by atomic mass is 9.83. The molecular formula is C9H16. The van der Waals surface area contributed by atoms with E-state index < -0.39 is 0 Å². The molecule has 52 valence electrons. The predicted octanol–water partition coefficient (Wildman–Crippen LogP) is 3.00. The Labute approximate surface area is 58.0 Å². The molecule has 1 aliphatic carbocycles. The molecular weight excluding hydrogens is 108 g/mol. The highest BCUT2D eigenvalue weighted by Gasteiger charge is 2.15. The van der Waals surface area contributed by atoms with E-state index in [1.807, 2.05) is 0 Å². The van der Waals surface area contributed by atoms with Crippen LogP contribution in [0.15, 0.2) is 11.6 Å². The van der Waals surface area contributed by atoms with Gasteiger partial charge in [-0.2, -0.15) is 0 Å². The zero-order valence-electron chi connectivity index (χ0n) is 6.65. The van der Waals surface area contributed by atoms with Crippen molar-refractivity contribution in [3.8, 4) is 0 Å². The van der Waals surface area contributed by atoms with Gasteiger partial charge in [-0.1, -0.05) is 25.5 Å². The molecule has 9 heavy (non-hydrogen) atoms. The van der Waals surface area contributed by atoms with Crippen LogP contribution in [-0.2, 0) is 0 Å². The minimum absolute atomic E-state index is 0.911. The molecule has 0 aromatic heterocycles. The highest BCUT2D eigenvalue weighted by molar-refractivity contribution is 5.04. The van der Waals surface area contributed by atoms with Crippen LogP contribution >= 0.6 is 0 Å². The highest BCUT2D eigenvalue weighted by Crippen LogP contribution is 2.27. The van der Waals surface area contributed by atoms with Gasteiger partial charge in [-0.15, -0.1) is 0 Å². The molecule has 0 radical (unpaired) electrons. The highest BCUT2D eigenvalue weighted by atomic mass is 14.2. The predicted molar refractivity (Wildman–Crippen MR) is 41.3 cm³/mol. The van der Waals surface area contributed by atoms with Crippen LogP contribution in [0.1, 0.15) is 33.6 Å². The Morgan fingerprint density at radius 3 is 2.44 bits per heavy atom. The minimum Gasteiger partial charge on any atom is -0.0853 e. The van der Waals surface area contributed by atoms with Crippen LogP contribution in [0.4, 0.5) is 0 Å². The van der Waals surface area contributed by atoms with Crippen LogP contribution in [0.3, 0.4) is 0 Å². The lowest BCUT2D eigenvalue weighted by Crippen LogP contribution is -2.11. The molecule has 0 aromatic rings. The van der Waals surface area contributed by atoms with Gasteiger partial charge in [-0.3, -0.25) is 0 Å². The number of rotatable bonds is 0. The van der Waals surface area contributed by atoms with Gasteiger partial charge in [0, 0.05) is 0 Å². The lowest BCUT2D eigenvalue weighted by molar-refractivity contribution is 0.369. The van der Waals surface area contributed by atoms with E-state index in [1.165, 1.54) is 12.8 Å². The van der Waals surface area contributed by atoms with Gasteiger partial charge in [0.2, 0.25) is 0 Å². The SMILES string of the molecule is CC1=CCC(C)[C@H](C)C1. The Hall–Kier alpha value is -0.260. The zero-order valence-corrected chi connectivity index (χ0v) is 6.65. The van der Waals surface area contributed by atoms with Gasteiger partial charge in [0.05, 0.1) is 0 Å². The fourth-order valence-electron chi connectivity index (χ4n) is 1.41. The summed E-state index contributed by atoms with van der Waals surface area (Å²) in [6.45, 7) is 6.93. The topological polar surface area (TPSA) is 0 Å². The molecule has 0 heteroatoms. The second-order valence-electron chi connectivity index (χ2n) is 3.44. The molecule has 0 fully saturated rings. The van der Waals surface area contributed by atoms with Crippen LogP contribution in [0.2, 0.25) is 0 Å². The van der Waals surface area contributed by atoms with Crippen molar-refractivity contribution in [2.45, 2.75) is 33.6 Å². The third kappa shape index (κ3) is 1.57. The first-order chi connectivity index (χ1) is 4.20. The molecule has 0 saturated heterocycles. The van der Waals surface area contributed by atoms with Gasteiger partial charge < -0.3 is 0 Å². The third-order valence-corrected chi connectivity index (χ3v) is 2.45. The standard InChI is InChI=1S/C9H16/c1-7-4-5-8(2)9(3)6-7/h4,8-9H,5-6H2,1-3H3/t8?,9-/m1/s1. The van der Waals surface area contributed by atoms with Gasteiger partial charge in [0.25, 0.3) is 0 Å². The molecule has 0 aliphatic heterocycles. The minimum atomic E-state index is 0.911. The summed E-state index contributed by atoms with van der Waals surface area (Å²) in [6.07, 6.45) is 5.00. The molecule has 2 atom stereocenters. The van der Waals surface area contributed by atoms with Crippen LogP contribution in [0.5, 0.6) is 0 Å². The van der Waals surface area contributed by atoms with Crippen molar-refractivity contribution in [1.82, 2.24) is 0 Å². The molecule has 1 unspecified atom stereocenters. The van der Waals surface area contributed by atoms with E-state index in [4.69, 9.17) is 0 Å². The Morgan fingerprint density at radius 1 is 1.33 bits per heavy atom. The molecule has 1 aliphatic rings. The van der Waals surface area contributed by atoms with E-state index in [0.717, 1.165) is 11.8 Å². The van der Waals surface area contributed by atoms with Crippen molar-refractivity contribution < 1.29 is 0 Å². The Morgan fingerprint density at radius 2 is 2.00 bits per heavy atom. The second-order valence-corrected chi connectivity index (χ2v) is 3.44. The zero-order chi connectivity index (χ0) is 6.85. The largest absolute Gasteiger partial charge is 0.0853 e. The van der Waals surface area contributed by atoms with E-state index >= 15 is 0 Å². The van der Waals surface area contributed by atoms with Gasteiger partial charge in [0.1, 0.15) is 0 Å². The summed E-state index contributed by atoms with van der Waals surface area (Å²) in [4.78, 5) is 0. The van der Waals surface area contributed by atoms with E-state index in [2.05, 4.69) is 26.8 Å². The van der Waals surface area contributed by atoms with Crippen LogP contribution in [-0.4, -0.2) is 0 Å². The van der Waals surface area contributed by atoms with Gasteiger partial charge in [0.15, 0.2) is 0 Å². The van der Waals surface area contributed by atoms with E-state index in [1.54, 1.807) is 5.57 Å². The first kappa shape index (κ1) is 6.85. The molecule has 0 bridgehead atoms. The maximum atomic E-state index is 2.38. The summed E-state index contributed by atoms with van der Waals surface area (Å²) in [5, 5.41) is 0. The normalized spacial score (nSPS) is 36.1. The molecule has 0 nitrogen and oxygen atoms in total. The van der Waals surface area contributed by atoms with Gasteiger partial charge in [-0.25, -0.2) is 0 Å². The molecule has 0 spiro atoms. The van der Waals surface area contributed by atoms with Crippen molar-refractivity contribution in [1.29, 1.82) is 0 Å². The third-order valence-electron chi connectivity index (χ3n) is 2.45. The molecule has 0 saturated carbocycles. The first-order valence-corrected chi connectivity index (χ1v) is 3.86. The second kappa shape index (κ2) is 2.55. The Bertz CT molecular complexity index is 122. The maximum Gasteiger partial charge on any atom is -0.0295 e.